The van der Waals surface area contributed by atoms with Gasteiger partial charge in [0.2, 0.25) is 0 Å². The van der Waals surface area contributed by atoms with Gasteiger partial charge >= 0.3 is 0 Å². The summed E-state index contributed by atoms with van der Waals surface area (Å²) in [5, 5.41) is 1.32. The van der Waals surface area contributed by atoms with Crippen molar-refractivity contribution >= 4 is 10.9 Å². The van der Waals surface area contributed by atoms with Gasteiger partial charge in [0.1, 0.15) is 0 Å². The zero-order chi connectivity index (χ0) is 13.3. The van der Waals surface area contributed by atoms with Crippen molar-refractivity contribution in [3.63, 3.8) is 0 Å². The Morgan fingerprint density at radius 2 is 1.89 bits per heavy atom. The second-order valence-electron chi connectivity index (χ2n) is 6.56. The van der Waals surface area contributed by atoms with E-state index in [9.17, 15) is 0 Å². The molecule has 0 N–H and O–H groups in total. The quantitative estimate of drug-likeness (QED) is 0.740. The van der Waals surface area contributed by atoms with Crippen molar-refractivity contribution < 1.29 is 0 Å². The van der Waals surface area contributed by atoms with Crippen LogP contribution in [0, 0.1) is 5.92 Å². The lowest BCUT2D eigenvalue weighted by Gasteiger charge is -2.19. The summed E-state index contributed by atoms with van der Waals surface area (Å²) in [6, 6.07) is 8.77. The summed E-state index contributed by atoms with van der Waals surface area (Å²) in [5.74, 6) is 0.675. The molecule has 96 valence electrons. The molecule has 0 saturated carbocycles. The number of aromatic nitrogens is 1. The molecule has 0 bridgehead atoms. The average Bonchev–Trinajstić information content (AvgIpc) is 2.27. The van der Waals surface area contributed by atoms with Crippen LogP contribution in [0.5, 0.6) is 0 Å². The molecule has 0 unspecified atom stereocenters. The summed E-state index contributed by atoms with van der Waals surface area (Å²) in [4.78, 5) is 4.62. The van der Waals surface area contributed by atoms with Gasteiger partial charge in [-0.2, -0.15) is 0 Å². The number of benzene rings is 1. The van der Waals surface area contributed by atoms with E-state index in [1.165, 1.54) is 16.5 Å². The van der Waals surface area contributed by atoms with Crippen LogP contribution in [0.25, 0.3) is 10.9 Å². The van der Waals surface area contributed by atoms with Crippen LogP contribution in [0.15, 0.2) is 30.5 Å². The largest absolute Gasteiger partial charge is 0.256 e. The maximum absolute atomic E-state index is 4.62. The lowest BCUT2D eigenvalue weighted by Crippen LogP contribution is -2.11. The third-order valence-electron chi connectivity index (χ3n) is 3.31. The maximum Gasteiger partial charge on any atom is 0.0704 e. The molecule has 18 heavy (non-hydrogen) atoms. The van der Waals surface area contributed by atoms with Crippen molar-refractivity contribution in [2.45, 2.75) is 46.5 Å². The molecule has 0 aliphatic heterocycles. The van der Waals surface area contributed by atoms with E-state index in [1.807, 2.05) is 6.20 Å². The molecule has 0 radical (unpaired) electrons. The van der Waals surface area contributed by atoms with Crippen molar-refractivity contribution in [1.29, 1.82) is 0 Å². The molecule has 0 saturated heterocycles. The minimum absolute atomic E-state index is 0.159. The van der Waals surface area contributed by atoms with Crippen molar-refractivity contribution in [2.24, 2.45) is 5.92 Å². The lowest BCUT2D eigenvalue weighted by molar-refractivity contribution is 0.588. The zero-order valence-electron chi connectivity index (χ0n) is 12.1. The number of nitrogens with zero attached hydrogens (tertiary/aromatic N) is 1. The van der Waals surface area contributed by atoms with E-state index in [-0.39, 0.29) is 5.41 Å². The van der Waals surface area contributed by atoms with Gasteiger partial charge in [0.15, 0.2) is 0 Å². The van der Waals surface area contributed by atoms with Crippen molar-refractivity contribution in [2.75, 3.05) is 0 Å². The Balaban J connectivity index is 2.58. The molecule has 2 aromatic rings. The molecule has 1 heterocycles. The third-order valence-corrected chi connectivity index (χ3v) is 3.31. The maximum atomic E-state index is 4.62. The molecule has 1 aromatic carbocycles. The van der Waals surface area contributed by atoms with Crippen molar-refractivity contribution in [3.05, 3.63) is 41.6 Å². The average molecular weight is 241 g/mol. The van der Waals surface area contributed by atoms with Crippen LogP contribution in [0.2, 0.25) is 0 Å². The zero-order valence-corrected chi connectivity index (χ0v) is 12.1. The number of hydrogen-bond acceptors (Lipinski definition) is 1. The fourth-order valence-corrected chi connectivity index (χ4v) is 2.24. The van der Waals surface area contributed by atoms with Crippen LogP contribution in [-0.2, 0) is 11.8 Å². The normalized spacial score (nSPS) is 12.3. The summed E-state index contributed by atoms with van der Waals surface area (Å²) >= 11 is 0. The van der Waals surface area contributed by atoms with Gasteiger partial charge < -0.3 is 0 Å². The number of pyridine rings is 1. The second kappa shape index (κ2) is 4.72. The third kappa shape index (κ3) is 2.72. The molecule has 1 aromatic heterocycles. The van der Waals surface area contributed by atoms with Crippen LogP contribution in [0.3, 0.4) is 0 Å². The van der Waals surface area contributed by atoms with Crippen LogP contribution < -0.4 is 0 Å². The van der Waals surface area contributed by atoms with E-state index in [0.29, 0.717) is 5.92 Å². The van der Waals surface area contributed by atoms with E-state index < -0.39 is 0 Å². The molecular weight excluding hydrogens is 218 g/mol. The Labute approximate surface area is 110 Å². The predicted molar refractivity (Wildman–Crippen MR) is 79.0 cm³/mol. The molecule has 1 heteroatoms. The second-order valence-corrected chi connectivity index (χ2v) is 6.56. The monoisotopic (exact) mass is 241 g/mol. The smallest absolute Gasteiger partial charge is 0.0704 e. The first kappa shape index (κ1) is 13.1. The van der Waals surface area contributed by atoms with E-state index in [1.54, 1.807) is 0 Å². The van der Waals surface area contributed by atoms with Gasteiger partial charge in [0.25, 0.3) is 0 Å². The fraction of sp³-hybridized carbons (Fsp3) is 0.471. The van der Waals surface area contributed by atoms with Gasteiger partial charge in [0, 0.05) is 11.6 Å². The minimum atomic E-state index is 0.159. The highest BCUT2D eigenvalue weighted by Gasteiger charge is 2.15. The van der Waals surface area contributed by atoms with E-state index in [0.717, 1.165) is 11.9 Å². The van der Waals surface area contributed by atoms with E-state index >= 15 is 0 Å². The molecule has 0 atom stereocenters. The minimum Gasteiger partial charge on any atom is -0.256 e. The first-order valence-corrected chi connectivity index (χ1v) is 6.76. The number of rotatable bonds is 2. The topological polar surface area (TPSA) is 12.9 Å². The summed E-state index contributed by atoms with van der Waals surface area (Å²) in [6.07, 6.45) is 3.13. The van der Waals surface area contributed by atoms with Crippen molar-refractivity contribution in [1.82, 2.24) is 4.98 Å². The van der Waals surface area contributed by atoms with Gasteiger partial charge in [-0.05, 0) is 41.0 Å². The molecule has 2 rings (SSSR count). The van der Waals surface area contributed by atoms with E-state index in [2.05, 4.69) is 63.9 Å². The number of hydrogen-bond donors (Lipinski definition) is 0. The highest BCUT2D eigenvalue weighted by Crippen LogP contribution is 2.27. The van der Waals surface area contributed by atoms with Crippen molar-refractivity contribution in [3.8, 4) is 0 Å². The molecule has 0 spiro atoms. The standard InChI is InChI=1S/C17H23N/c1-12(2)9-13-7-6-8-16-15(13)10-14(11-18-16)17(3,4)5/h6-8,10-12H,9H2,1-5H3. The van der Waals surface area contributed by atoms with Crippen LogP contribution in [0.1, 0.15) is 45.7 Å². The lowest BCUT2D eigenvalue weighted by atomic mass is 9.86. The van der Waals surface area contributed by atoms with Crippen LogP contribution >= 0.6 is 0 Å². The summed E-state index contributed by atoms with van der Waals surface area (Å²) in [7, 11) is 0. The number of fused-ring (bicyclic) bond motifs is 1. The Morgan fingerprint density at radius 3 is 2.50 bits per heavy atom. The Bertz CT molecular complexity index is 547. The van der Waals surface area contributed by atoms with E-state index in [4.69, 9.17) is 0 Å². The highest BCUT2D eigenvalue weighted by molar-refractivity contribution is 5.82. The van der Waals surface area contributed by atoms with Gasteiger partial charge in [-0.3, -0.25) is 4.98 Å². The van der Waals surface area contributed by atoms with Gasteiger partial charge in [-0.1, -0.05) is 46.8 Å². The molecule has 0 aliphatic rings. The molecule has 0 amide bonds. The van der Waals surface area contributed by atoms with Crippen LogP contribution in [-0.4, -0.2) is 4.98 Å². The molecular formula is C17H23N. The van der Waals surface area contributed by atoms with Gasteiger partial charge in [0.05, 0.1) is 5.52 Å². The Kier molecular flexibility index (Phi) is 3.43. The molecule has 0 fully saturated rings. The Morgan fingerprint density at radius 1 is 1.17 bits per heavy atom. The summed E-state index contributed by atoms with van der Waals surface area (Å²) in [5.41, 5.74) is 4.00. The fourth-order valence-electron chi connectivity index (χ4n) is 2.24. The first-order valence-electron chi connectivity index (χ1n) is 6.76. The van der Waals surface area contributed by atoms with Gasteiger partial charge in [-0.25, -0.2) is 0 Å². The molecule has 0 aliphatic carbocycles. The Hall–Kier alpha value is -1.37. The highest BCUT2D eigenvalue weighted by atomic mass is 14.7. The molecule has 1 nitrogen and oxygen atoms in total. The summed E-state index contributed by atoms with van der Waals surface area (Å²) < 4.78 is 0. The SMILES string of the molecule is CC(C)Cc1cccc2ncc(C(C)(C)C)cc12. The van der Waals surface area contributed by atoms with Crippen LogP contribution in [0.4, 0.5) is 0 Å². The summed E-state index contributed by atoms with van der Waals surface area (Å²) in [6.45, 7) is 11.2. The van der Waals surface area contributed by atoms with Gasteiger partial charge in [-0.15, -0.1) is 0 Å². The predicted octanol–water partition coefficient (Wildman–Crippen LogP) is 4.73. The first-order chi connectivity index (χ1) is 8.38.